The van der Waals surface area contributed by atoms with Crippen molar-refractivity contribution in [3.05, 3.63) is 48.0 Å². The van der Waals surface area contributed by atoms with Crippen LogP contribution in [0.5, 0.6) is 11.5 Å². The third-order valence-electron chi connectivity index (χ3n) is 4.86. The number of hydrogen-bond acceptors (Lipinski definition) is 5. The summed E-state index contributed by atoms with van der Waals surface area (Å²) in [5, 5.41) is 29.4. The van der Waals surface area contributed by atoms with Crippen molar-refractivity contribution in [2.45, 2.75) is 44.9 Å². The average Bonchev–Trinajstić information content (AvgIpc) is 3.07. The number of carboxylic acid groups (broad SMARTS) is 1. The monoisotopic (exact) mass is 412 g/mol. The van der Waals surface area contributed by atoms with E-state index in [1.165, 1.54) is 17.4 Å². The van der Waals surface area contributed by atoms with Gasteiger partial charge < -0.3 is 15.3 Å². The van der Waals surface area contributed by atoms with Gasteiger partial charge in [-0.1, -0.05) is 49.6 Å². The van der Waals surface area contributed by atoms with E-state index in [0.29, 0.717) is 28.5 Å². The van der Waals surface area contributed by atoms with Gasteiger partial charge in [-0.25, -0.2) is 0 Å². The molecular weight excluding hydrogens is 388 g/mol. The van der Waals surface area contributed by atoms with Crippen molar-refractivity contribution in [2.24, 2.45) is 0 Å². The molecule has 5 nitrogen and oxygen atoms in total. The van der Waals surface area contributed by atoms with Crippen LogP contribution in [0.2, 0.25) is 0 Å². The van der Waals surface area contributed by atoms with E-state index in [1.807, 2.05) is 30.3 Å². The van der Waals surface area contributed by atoms with Crippen LogP contribution in [-0.2, 0) is 4.79 Å². The van der Waals surface area contributed by atoms with Crippen molar-refractivity contribution >= 4 is 33.2 Å². The molecule has 0 aliphatic heterocycles. The highest BCUT2D eigenvalue weighted by Gasteiger charge is 2.22. The number of thiophene rings is 1. The second-order valence-corrected chi connectivity index (χ2v) is 8.15. The molecule has 0 atom stereocenters. The van der Waals surface area contributed by atoms with Crippen LogP contribution in [0.3, 0.4) is 0 Å². The second kappa shape index (κ2) is 9.56. The Morgan fingerprint density at radius 1 is 0.862 bits per heavy atom. The lowest BCUT2D eigenvalue weighted by molar-refractivity contribution is -0.137. The zero-order chi connectivity index (χ0) is 20.8. The zero-order valence-electron chi connectivity index (χ0n) is 16.1. The first-order chi connectivity index (χ1) is 14.0. The highest BCUT2D eigenvalue weighted by molar-refractivity contribution is 7.22. The van der Waals surface area contributed by atoms with E-state index in [-0.39, 0.29) is 23.7 Å². The first-order valence-corrected chi connectivity index (χ1v) is 10.6. The largest absolute Gasteiger partial charge is 0.508 e. The molecule has 152 valence electrons. The van der Waals surface area contributed by atoms with Crippen LogP contribution in [0, 0.1) is 0 Å². The Labute approximate surface area is 173 Å². The van der Waals surface area contributed by atoms with Gasteiger partial charge in [0.15, 0.2) is 5.78 Å². The van der Waals surface area contributed by atoms with E-state index in [2.05, 4.69) is 0 Å². The fourth-order valence-electron chi connectivity index (χ4n) is 3.47. The number of hydrogen-bond donors (Lipinski definition) is 3. The molecule has 6 heteroatoms. The Morgan fingerprint density at radius 2 is 1.52 bits per heavy atom. The molecule has 0 spiro atoms. The van der Waals surface area contributed by atoms with Crippen LogP contribution in [0.25, 0.3) is 20.5 Å². The number of phenols is 2. The summed E-state index contributed by atoms with van der Waals surface area (Å²) < 4.78 is 0.679. The fraction of sp³-hybridized carbons (Fsp3) is 0.304. The fourth-order valence-corrected chi connectivity index (χ4v) is 4.75. The molecule has 0 saturated carbocycles. The molecule has 1 heterocycles. The molecule has 3 aromatic rings. The minimum atomic E-state index is -0.774. The molecular formula is C23H24O5S. The van der Waals surface area contributed by atoms with Crippen LogP contribution in [0.1, 0.15) is 55.3 Å². The number of rotatable bonds is 10. The number of ketones is 1. The molecule has 0 saturated heterocycles. The van der Waals surface area contributed by atoms with Gasteiger partial charge in [-0.2, -0.15) is 0 Å². The molecule has 0 aliphatic rings. The van der Waals surface area contributed by atoms with Crippen LogP contribution in [0.4, 0.5) is 0 Å². The Bertz CT molecular complexity index is 1010. The van der Waals surface area contributed by atoms with E-state index in [4.69, 9.17) is 5.11 Å². The standard InChI is InChI=1S/C23H24O5S/c24-16-13-18(26)21-19(14-16)29-23(15-9-5-4-6-10-15)22(21)17(25)11-7-2-1-3-8-12-20(27)28/h4-6,9-10,13-14,24,26H,1-3,7-8,11-12H2,(H,27,28). The van der Waals surface area contributed by atoms with Crippen molar-refractivity contribution in [1.82, 2.24) is 0 Å². The normalized spacial score (nSPS) is 11.0. The number of carboxylic acids is 1. The van der Waals surface area contributed by atoms with Gasteiger partial charge in [-0.05, 0) is 24.5 Å². The number of Topliss-reactive ketones (excluding diaryl/α,β-unsaturated/α-hetero) is 1. The van der Waals surface area contributed by atoms with Gasteiger partial charge in [0, 0.05) is 39.4 Å². The first-order valence-electron chi connectivity index (χ1n) is 9.76. The van der Waals surface area contributed by atoms with E-state index in [9.17, 15) is 19.8 Å². The third kappa shape index (κ3) is 5.15. The lowest BCUT2D eigenvalue weighted by Gasteiger charge is -2.06. The minimum Gasteiger partial charge on any atom is -0.508 e. The Hall–Kier alpha value is -2.86. The summed E-state index contributed by atoms with van der Waals surface area (Å²) >= 11 is 1.39. The summed E-state index contributed by atoms with van der Waals surface area (Å²) in [7, 11) is 0. The van der Waals surface area contributed by atoms with Crippen LogP contribution < -0.4 is 0 Å². The quantitative estimate of drug-likeness (QED) is 0.281. The lowest BCUT2D eigenvalue weighted by Crippen LogP contribution is -2.00. The number of carbonyl (C=O) groups excluding carboxylic acids is 1. The number of benzene rings is 2. The molecule has 0 bridgehead atoms. The maximum atomic E-state index is 13.1. The van der Waals surface area contributed by atoms with Crippen molar-refractivity contribution in [1.29, 1.82) is 0 Å². The van der Waals surface area contributed by atoms with E-state index >= 15 is 0 Å². The lowest BCUT2D eigenvalue weighted by atomic mass is 9.97. The predicted octanol–water partition coefficient (Wildman–Crippen LogP) is 5.98. The number of phenolic OH excluding ortho intramolecular Hbond substituents is 2. The number of aromatic hydroxyl groups is 2. The highest BCUT2D eigenvalue weighted by Crippen LogP contribution is 2.44. The summed E-state index contributed by atoms with van der Waals surface area (Å²) in [5.41, 5.74) is 1.42. The molecule has 3 rings (SSSR count). The van der Waals surface area contributed by atoms with Crippen LogP contribution >= 0.6 is 11.3 Å². The number of fused-ring (bicyclic) bond motifs is 1. The maximum Gasteiger partial charge on any atom is 0.303 e. The van der Waals surface area contributed by atoms with Gasteiger partial charge in [-0.3, -0.25) is 9.59 Å². The third-order valence-corrected chi connectivity index (χ3v) is 6.05. The molecule has 0 radical (unpaired) electrons. The summed E-state index contributed by atoms with van der Waals surface area (Å²) in [6.45, 7) is 0. The molecule has 1 aromatic heterocycles. The van der Waals surface area contributed by atoms with Gasteiger partial charge in [0.2, 0.25) is 0 Å². The Kier molecular flexibility index (Phi) is 6.88. The summed E-state index contributed by atoms with van der Waals surface area (Å²) in [5.74, 6) is -0.919. The van der Waals surface area contributed by atoms with Crippen molar-refractivity contribution < 1.29 is 24.9 Å². The van der Waals surface area contributed by atoms with Gasteiger partial charge in [-0.15, -0.1) is 11.3 Å². The van der Waals surface area contributed by atoms with Crippen molar-refractivity contribution in [3.8, 4) is 21.9 Å². The molecule has 0 aliphatic carbocycles. The van der Waals surface area contributed by atoms with Crippen molar-refractivity contribution in [3.63, 3.8) is 0 Å². The molecule has 3 N–H and O–H groups in total. The van der Waals surface area contributed by atoms with Gasteiger partial charge in [0.25, 0.3) is 0 Å². The maximum absolute atomic E-state index is 13.1. The molecule has 2 aromatic carbocycles. The van der Waals surface area contributed by atoms with Crippen molar-refractivity contribution in [2.75, 3.05) is 0 Å². The summed E-state index contributed by atoms with van der Waals surface area (Å²) in [6.07, 6.45) is 4.54. The summed E-state index contributed by atoms with van der Waals surface area (Å²) in [6, 6.07) is 12.4. The minimum absolute atomic E-state index is 0.0263. The van der Waals surface area contributed by atoms with E-state index < -0.39 is 5.97 Å². The number of unbranched alkanes of at least 4 members (excludes halogenated alkanes) is 4. The first kappa shape index (κ1) is 20.9. The van der Waals surface area contributed by atoms with E-state index in [0.717, 1.165) is 36.1 Å². The molecule has 0 unspecified atom stereocenters. The average molecular weight is 413 g/mol. The molecule has 0 fully saturated rings. The second-order valence-electron chi connectivity index (χ2n) is 7.09. The molecule has 0 amide bonds. The Balaban J connectivity index is 1.78. The molecule has 29 heavy (non-hydrogen) atoms. The summed E-state index contributed by atoms with van der Waals surface area (Å²) in [4.78, 5) is 24.4. The highest BCUT2D eigenvalue weighted by atomic mass is 32.1. The van der Waals surface area contributed by atoms with E-state index in [1.54, 1.807) is 6.07 Å². The number of carbonyl (C=O) groups is 2. The smallest absolute Gasteiger partial charge is 0.303 e. The van der Waals surface area contributed by atoms with Crippen LogP contribution in [0.15, 0.2) is 42.5 Å². The van der Waals surface area contributed by atoms with Gasteiger partial charge in [0.1, 0.15) is 11.5 Å². The SMILES string of the molecule is O=C(O)CCCCCCCC(=O)c1c(-c2ccccc2)sc2cc(O)cc(O)c12. The number of aliphatic carboxylic acids is 1. The van der Waals surface area contributed by atoms with Crippen LogP contribution in [-0.4, -0.2) is 27.1 Å². The predicted molar refractivity (Wildman–Crippen MR) is 115 cm³/mol. The zero-order valence-corrected chi connectivity index (χ0v) is 16.9. The van der Waals surface area contributed by atoms with Gasteiger partial charge >= 0.3 is 5.97 Å². The topological polar surface area (TPSA) is 94.8 Å². The Morgan fingerprint density at radius 3 is 2.21 bits per heavy atom. The van der Waals surface area contributed by atoms with Gasteiger partial charge in [0.05, 0.1) is 0 Å².